The molecule has 1 amide bonds. The smallest absolute Gasteiger partial charge is 0.262 e. The van der Waals surface area contributed by atoms with Crippen LogP contribution in [-0.2, 0) is 14.8 Å². The lowest BCUT2D eigenvalue weighted by Gasteiger charge is -2.15. The molecule has 0 saturated carbocycles. The van der Waals surface area contributed by atoms with Gasteiger partial charge in [-0.05, 0) is 55.3 Å². The van der Waals surface area contributed by atoms with Crippen LogP contribution in [0.3, 0.4) is 0 Å². The number of ether oxygens (including phenoxy) is 1. The van der Waals surface area contributed by atoms with Gasteiger partial charge in [0.05, 0.1) is 4.90 Å². The maximum atomic E-state index is 12.5. The minimum Gasteiger partial charge on any atom is -0.484 e. The number of carbonyl (C=O) groups is 1. The molecule has 6 nitrogen and oxygen atoms in total. The monoisotopic (exact) mass is 438 g/mol. The highest BCUT2D eigenvalue weighted by Crippen LogP contribution is 2.23. The Hall–Kier alpha value is -1.90. The third kappa shape index (κ3) is 4.63. The summed E-state index contributed by atoms with van der Waals surface area (Å²) in [5, 5.41) is 2.73. The Kier molecular flexibility index (Phi) is 5.95. The van der Waals surface area contributed by atoms with Gasteiger partial charge in [0.25, 0.3) is 5.91 Å². The number of amides is 1. The molecular formula is C18H19BrN2O4S. The van der Waals surface area contributed by atoms with Gasteiger partial charge in [0.2, 0.25) is 10.0 Å². The van der Waals surface area contributed by atoms with Crippen LogP contribution in [0.5, 0.6) is 5.75 Å². The number of halogens is 1. The molecule has 138 valence electrons. The summed E-state index contributed by atoms with van der Waals surface area (Å²) < 4.78 is 32.7. The van der Waals surface area contributed by atoms with E-state index in [0.717, 1.165) is 17.3 Å². The highest BCUT2D eigenvalue weighted by atomic mass is 79.9. The standard InChI is InChI=1S/C18H19BrN2O4S/c19-14-4-3-5-15(12-14)20-18(22)13-25-16-6-8-17(9-7-16)26(23,24)21-10-1-2-11-21/h3-9,12H,1-2,10-11,13H2,(H,20,22). The van der Waals surface area contributed by atoms with Gasteiger partial charge in [0, 0.05) is 23.2 Å². The summed E-state index contributed by atoms with van der Waals surface area (Å²) in [4.78, 5) is 12.2. The Balaban J connectivity index is 1.56. The van der Waals surface area contributed by atoms with Crippen LogP contribution in [-0.4, -0.2) is 38.3 Å². The van der Waals surface area contributed by atoms with Crippen molar-refractivity contribution in [1.29, 1.82) is 0 Å². The van der Waals surface area contributed by atoms with Crippen molar-refractivity contribution < 1.29 is 17.9 Å². The SMILES string of the molecule is O=C(COc1ccc(S(=O)(=O)N2CCCC2)cc1)Nc1cccc(Br)c1. The van der Waals surface area contributed by atoms with E-state index in [0.29, 0.717) is 24.5 Å². The number of nitrogens with zero attached hydrogens (tertiary/aromatic N) is 1. The second-order valence-corrected chi connectivity index (χ2v) is 8.78. The number of benzene rings is 2. The molecule has 2 aromatic rings. The number of hydrogen-bond donors (Lipinski definition) is 1. The molecule has 3 rings (SSSR count). The molecule has 1 aliphatic heterocycles. The van der Waals surface area contributed by atoms with E-state index < -0.39 is 10.0 Å². The molecule has 1 fully saturated rings. The van der Waals surface area contributed by atoms with Gasteiger partial charge in [-0.1, -0.05) is 22.0 Å². The van der Waals surface area contributed by atoms with Crippen LogP contribution < -0.4 is 10.1 Å². The Morgan fingerprint density at radius 3 is 2.46 bits per heavy atom. The fourth-order valence-electron chi connectivity index (χ4n) is 2.70. The maximum absolute atomic E-state index is 12.5. The molecule has 8 heteroatoms. The summed E-state index contributed by atoms with van der Waals surface area (Å²) >= 11 is 3.34. The minimum absolute atomic E-state index is 0.162. The number of nitrogens with one attached hydrogen (secondary N) is 1. The quantitative estimate of drug-likeness (QED) is 0.750. The summed E-state index contributed by atoms with van der Waals surface area (Å²) in [5.74, 6) is 0.145. The average molecular weight is 439 g/mol. The number of carbonyl (C=O) groups excluding carboxylic acids is 1. The number of rotatable bonds is 6. The van der Waals surface area contributed by atoms with Gasteiger partial charge >= 0.3 is 0 Å². The molecule has 0 aromatic heterocycles. The number of sulfonamides is 1. The normalized spacial score (nSPS) is 15.0. The van der Waals surface area contributed by atoms with Crippen LogP contribution >= 0.6 is 15.9 Å². The molecule has 0 bridgehead atoms. The second kappa shape index (κ2) is 8.20. The average Bonchev–Trinajstić information content (AvgIpc) is 3.16. The fraction of sp³-hybridized carbons (Fsp3) is 0.278. The van der Waals surface area contributed by atoms with E-state index in [2.05, 4.69) is 21.2 Å². The van der Waals surface area contributed by atoms with Crippen LogP contribution in [0, 0.1) is 0 Å². The van der Waals surface area contributed by atoms with E-state index in [1.165, 1.54) is 16.4 Å². The molecule has 0 aliphatic carbocycles. The van der Waals surface area contributed by atoms with E-state index in [-0.39, 0.29) is 17.4 Å². The van der Waals surface area contributed by atoms with Crippen molar-refractivity contribution in [2.45, 2.75) is 17.7 Å². The summed E-state index contributed by atoms with van der Waals surface area (Å²) in [6, 6.07) is 13.4. The molecule has 26 heavy (non-hydrogen) atoms. The van der Waals surface area contributed by atoms with Crippen LogP contribution in [0.15, 0.2) is 57.9 Å². The zero-order chi connectivity index (χ0) is 18.6. The molecule has 0 radical (unpaired) electrons. The maximum Gasteiger partial charge on any atom is 0.262 e. The highest BCUT2D eigenvalue weighted by Gasteiger charge is 2.26. The summed E-state index contributed by atoms with van der Waals surface area (Å²) in [7, 11) is -3.44. The van der Waals surface area contributed by atoms with E-state index in [4.69, 9.17) is 4.74 Å². The lowest BCUT2D eigenvalue weighted by molar-refractivity contribution is -0.118. The zero-order valence-electron chi connectivity index (χ0n) is 14.0. The van der Waals surface area contributed by atoms with Crippen LogP contribution in [0.25, 0.3) is 0 Å². The molecular weight excluding hydrogens is 420 g/mol. The molecule has 1 saturated heterocycles. The fourth-order valence-corrected chi connectivity index (χ4v) is 4.61. The van der Waals surface area contributed by atoms with Gasteiger partial charge in [0.15, 0.2) is 6.61 Å². The summed E-state index contributed by atoms with van der Waals surface area (Å²) in [5.41, 5.74) is 0.667. The van der Waals surface area contributed by atoms with Crippen molar-refractivity contribution in [2.24, 2.45) is 0 Å². The molecule has 0 unspecified atom stereocenters. The first-order valence-corrected chi connectivity index (χ1v) is 10.5. The molecule has 1 N–H and O–H groups in total. The summed E-state index contributed by atoms with van der Waals surface area (Å²) in [6.45, 7) is 0.970. The third-order valence-electron chi connectivity index (χ3n) is 4.00. The van der Waals surface area contributed by atoms with Gasteiger partial charge in [0.1, 0.15) is 5.75 Å². The molecule has 2 aromatic carbocycles. The van der Waals surface area contributed by atoms with E-state index in [9.17, 15) is 13.2 Å². The Labute approximate surface area is 161 Å². The van der Waals surface area contributed by atoms with Gasteiger partial charge < -0.3 is 10.1 Å². The van der Waals surface area contributed by atoms with Crippen molar-refractivity contribution in [3.05, 3.63) is 53.0 Å². The van der Waals surface area contributed by atoms with Gasteiger partial charge in [-0.25, -0.2) is 8.42 Å². The van der Waals surface area contributed by atoms with Crippen molar-refractivity contribution in [1.82, 2.24) is 4.31 Å². The van der Waals surface area contributed by atoms with E-state index >= 15 is 0 Å². The highest BCUT2D eigenvalue weighted by molar-refractivity contribution is 9.10. The predicted molar refractivity (Wildman–Crippen MR) is 103 cm³/mol. The topological polar surface area (TPSA) is 75.7 Å². The largest absolute Gasteiger partial charge is 0.484 e. The van der Waals surface area contributed by atoms with E-state index in [1.807, 2.05) is 12.1 Å². The zero-order valence-corrected chi connectivity index (χ0v) is 16.4. The van der Waals surface area contributed by atoms with Crippen LogP contribution in [0.1, 0.15) is 12.8 Å². The lowest BCUT2D eigenvalue weighted by Crippen LogP contribution is -2.27. The van der Waals surface area contributed by atoms with Crippen molar-refractivity contribution >= 4 is 37.5 Å². The Morgan fingerprint density at radius 2 is 1.81 bits per heavy atom. The Morgan fingerprint density at radius 1 is 1.12 bits per heavy atom. The molecule has 0 spiro atoms. The van der Waals surface area contributed by atoms with Crippen molar-refractivity contribution in [3.63, 3.8) is 0 Å². The first-order valence-electron chi connectivity index (χ1n) is 8.23. The third-order valence-corrected chi connectivity index (χ3v) is 6.41. The minimum atomic E-state index is -3.44. The van der Waals surface area contributed by atoms with E-state index in [1.54, 1.807) is 24.3 Å². The molecule has 1 aliphatic rings. The molecule has 0 atom stereocenters. The predicted octanol–water partition coefficient (Wildman–Crippen LogP) is 3.25. The molecule has 1 heterocycles. The summed E-state index contributed by atoms with van der Waals surface area (Å²) in [6.07, 6.45) is 1.79. The first-order chi connectivity index (χ1) is 12.4. The van der Waals surface area contributed by atoms with Crippen LogP contribution in [0.2, 0.25) is 0 Å². The van der Waals surface area contributed by atoms with Crippen LogP contribution in [0.4, 0.5) is 5.69 Å². The number of hydrogen-bond acceptors (Lipinski definition) is 4. The van der Waals surface area contributed by atoms with Gasteiger partial charge in [-0.3, -0.25) is 4.79 Å². The van der Waals surface area contributed by atoms with Crippen molar-refractivity contribution in [2.75, 3.05) is 25.0 Å². The lowest BCUT2D eigenvalue weighted by atomic mass is 10.3. The second-order valence-electron chi connectivity index (χ2n) is 5.93. The first kappa shape index (κ1) is 18.9. The number of anilines is 1. The van der Waals surface area contributed by atoms with Crippen molar-refractivity contribution in [3.8, 4) is 5.75 Å². The van der Waals surface area contributed by atoms with Gasteiger partial charge in [-0.2, -0.15) is 4.31 Å². The Bertz CT molecular complexity index is 878. The van der Waals surface area contributed by atoms with Gasteiger partial charge in [-0.15, -0.1) is 0 Å².